The summed E-state index contributed by atoms with van der Waals surface area (Å²) in [5.74, 6) is 0.823. The zero-order chi connectivity index (χ0) is 10.4. The predicted octanol–water partition coefficient (Wildman–Crippen LogP) is 3.06. The summed E-state index contributed by atoms with van der Waals surface area (Å²) in [7, 11) is 0. The molecule has 78 valence electrons. The van der Waals surface area contributed by atoms with Crippen molar-refractivity contribution in [3.8, 4) is 0 Å². The fourth-order valence-corrected chi connectivity index (χ4v) is 2.36. The zero-order valence-corrected chi connectivity index (χ0v) is 9.22. The van der Waals surface area contributed by atoms with Crippen LogP contribution in [0, 0.1) is 5.92 Å². The lowest BCUT2D eigenvalue weighted by Gasteiger charge is -2.11. The van der Waals surface area contributed by atoms with Crippen LogP contribution in [0.15, 0.2) is 23.1 Å². The van der Waals surface area contributed by atoms with Gasteiger partial charge in [-0.25, -0.2) is 0 Å². The van der Waals surface area contributed by atoms with Crippen LogP contribution in [0.25, 0.3) is 0 Å². The number of carboxylic acid groups (broad SMARTS) is 1. The van der Waals surface area contributed by atoms with Crippen molar-refractivity contribution in [2.75, 3.05) is 5.75 Å². The van der Waals surface area contributed by atoms with Crippen LogP contribution in [0.1, 0.15) is 26.2 Å². The van der Waals surface area contributed by atoms with Crippen molar-refractivity contribution < 1.29 is 9.90 Å². The molecule has 1 aliphatic rings. The number of rotatable bonds is 5. The average Bonchev–Trinajstić information content (AvgIpc) is 2.12. The highest BCUT2D eigenvalue weighted by Crippen LogP contribution is 2.25. The average molecular weight is 212 g/mol. The fourth-order valence-electron chi connectivity index (χ4n) is 1.31. The Hall–Kier alpha value is -0.700. The molecule has 0 bridgehead atoms. The van der Waals surface area contributed by atoms with Gasteiger partial charge >= 0.3 is 5.97 Å². The topological polar surface area (TPSA) is 37.3 Å². The first-order chi connectivity index (χ1) is 6.68. The Morgan fingerprint density at radius 2 is 2.50 bits per heavy atom. The number of allylic oxidation sites excluding steroid dienone is 3. The van der Waals surface area contributed by atoms with Gasteiger partial charge in [-0.05, 0) is 24.5 Å². The summed E-state index contributed by atoms with van der Waals surface area (Å²) in [5, 5.41) is 8.45. The lowest BCUT2D eigenvalue weighted by atomic mass is 10.0. The molecule has 2 nitrogen and oxygen atoms in total. The third kappa shape index (κ3) is 4.51. The number of thioether (sulfide) groups is 1. The van der Waals surface area contributed by atoms with E-state index >= 15 is 0 Å². The van der Waals surface area contributed by atoms with Gasteiger partial charge in [-0.1, -0.05) is 25.2 Å². The Kier molecular flexibility index (Phi) is 4.80. The monoisotopic (exact) mass is 212 g/mol. The molecule has 0 radical (unpaired) electrons. The van der Waals surface area contributed by atoms with Crippen LogP contribution in [0.2, 0.25) is 0 Å². The predicted molar refractivity (Wildman–Crippen MR) is 60.3 cm³/mol. The van der Waals surface area contributed by atoms with Gasteiger partial charge in [-0.15, -0.1) is 11.8 Å². The molecule has 0 saturated heterocycles. The zero-order valence-electron chi connectivity index (χ0n) is 8.40. The van der Waals surface area contributed by atoms with Gasteiger partial charge in [-0.2, -0.15) is 0 Å². The van der Waals surface area contributed by atoms with E-state index < -0.39 is 5.97 Å². The van der Waals surface area contributed by atoms with Gasteiger partial charge in [0.1, 0.15) is 0 Å². The van der Waals surface area contributed by atoms with E-state index in [1.165, 1.54) is 4.91 Å². The summed E-state index contributed by atoms with van der Waals surface area (Å²) in [6.07, 6.45) is 8.72. The van der Waals surface area contributed by atoms with Crippen molar-refractivity contribution >= 4 is 17.7 Å². The minimum atomic E-state index is -0.702. The van der Waals surface area contributed by atoms with E-state index in [9.17, 15) is 4.79 Å². The minimum absolute atomic E-state index is 0.277. The van der Waals surface area contributed by atoms with Gasteiger partial charge in [0.05, 0.1) is 0 Å². The standard InChI is InChI=1S/C11H16O2S/c1-9-4-2-5-10(8-9)14-7-3-6-11(12)13/h2,5,8-9H,3-4,6-7H2,1H3,(H,12,13). The second-order valence-electron chi connectivity index (χ2n) is 3.53. The highest BCUT2D eigenvalue weighted by Gasteiger charge is 2.04. The Morgan fingerprint density at radius 3 is 3.14 bits per heavy atom. The van der Waals surface area contributed by atoms with E-state index in [1.54, 1.807) is 11.8 Å². The molecular formula is C11H16O2S. The van der Waals surface area contributed by atoms with Crippen molar-refractivity contribution in [2.45, 2.75) is 26.2 Å². The van der Waals surface area contributed by atoms with Crippen molar-refractivity contribution in [1.82, 2.24) is 0 Å². The van der Waals surface area contributed by atoms with Crippen LogP contribution in [0.4, 0.5) is 0 Å². The molecule has 0 spiro atoms. The van der Waals surface area contributed by atoms with Gasteiger partial charge in [0.25, 0.3) is 0 Å². The molecule has 3 heteroatoms. The largest absolute Gasteiger partial charge is 0.481 e. The van der Waals surface area contributed by atoms with Gasteiger partial charge in [-0.3, -0.25) is 4.79 Å². The fraction of sp³-hybridized carbons (Fsp3) is 0.545. The molecule has 0 aromatic heterocycles. The molecular weight excluding hydrogens is 196 g/mol. The summed E-state index contributed by atoms with van der Waals surface area (Å²) in [5.41, 5.74) is 0. The first kappa shape index (κ1) is 11.4. The Morgan fingerprint density at radius 1 is 1.71 bits per heavy atom. The molecule has 0 amide bonds. The van der Waals surface area contributed by atoms with Gasteiger partial charge < -0.3 is 5.11 Å². The van der Waals surface area contributed by atoms with Crippen molar-refractivity contribution in [1.29, 1.82) is 0 Å². The van der Waals surface area contributed by atoms with Gasteiger partial charge in [0.2, 0.25) is 0 Å². The highest BCUT2D eigenvalue weighted by molar-refractivity contribution is 8.03. The van der Waals surface area contributed by atoms with Gasteiger partial charge in [0.15, 0.2) is 0 Å². The van der Waals surface area contributed by atoms with Crippen molar-refractivity contribution in [3.05, 3.63) is 23.1 Å². The maximum atomic E-state index is 10.3. The summed E-state index contributed by atoms with van der Waals surface area (Å²) in [6, 6.07) is 0. The van der Waals surface area contributed by atoms with Crippen LogP contribution < -0.4 is 0 Å². The van der Waals surface area contributed by atoms with Crippen LogP contribution >= 0.6 is 11.8 Å². The smallest absolute Gasteiger partial charge is 0.303 e. The second-order valence-corrected chi connectivity index (χ2v) is 4.70. The lowest BCUT2D eigenvalue weighted by molar-refractivity contribution is -0.137. The third-order valence-corrected chi connectivity index (χ3v) is 3.14. The maximum absolute atomic E-state index is 10.3. The van der Waals surface area contributed by atoms with E-state index in [4.69, 9.17) is 5.11 Å². The third-order valence-electron chi connectivity index (χ3n) is 2.04. The molecule has 1 atom stereocenters. The Bertz CT molecular complexity index is 256. The number of hydrogen-bond donors (Lipinski definition) is 1. The van der Waals surface area contributed by atoms with E-state index in [0.717, 1.165) is 18.6 Å². The Labute approximate surface area is 89.1 Å². The van der Waals surface area contributed by atoms with Gasteiger partial charge in [0, 0.05) is 11.3 Å². The lowest BCUT2D eigenvalue weighted by Crippen LogP contribution is -1.96. The summed E-state index contributed by atoms with van der Waals surface area (Å²) >= 11 is 1.75. The van der Waals surface area contributed by atoms with Crippen molar-refractivity contribution in [2.24, 2.45) is 5.92 Å². The van der Waals surface area contributed by atoms with Crippen LogP contribution in [-0.4, -0.2) is 16.8 Å². The normalized spacial score (nSPS) is 20.6. The molecule has 0 saturated carbocycles. The molecule has 0 aromatic rings. The van der Waals surface area contributed by atoms with Crippen molar-refractivity contribution in [3.63, 3.8) is 0 Å². The van der Waals surface area contributed by atoms with E-state index in [-0.39, 0.29) is 6.42 Å². The Balaban J connectivity index is 2.18. The minimum Gasteiger partial charge on any atom is -0.481 e. The number of carboxylic acids is 1. The molecule has 1 N–H and O–H groups in total. The summed E-state index contributed by atoms with van der Waals surface area (Å²) in [4.78, 5) is 11.6. The van der Waals surface area contributed by atoms with E-state index in [0.29, 0.717) is 5.92 Å². The summed E-state index contributed by atoms with van der Waals surface area (Å²) in [6.45, 7) is 2.20. The molecule has 1 unspecified atom stereocenters. The number of hydrogen-bond acceptors (Lipinski definition) is 2. The van der Waals surface area contributed by atoms with Crippen LogP contribution in [-0.2, 0) is 4.79 Å². The molecule has 1 aliphatic carbocycles. The second kappa shape index (κ2) is 5.91. The van der Waals surface area contributed by atoms with Crippen LogP contribution in [0.5, 0.6) is 0 Å². The molecule has 0 fully saturated rings. The molecule has 0 aromatic carbocycles. The molecule has 14 heavy (non-hydrogen) atoms. The molecule has 0 heterocycles. The first-order valence-corrected chi connectivity index (χ1v) is 5.90. The molecule has 0 aliphatic heterocycles. The highest BCUT2D eigenvalue weighted by atomic mass is 32.2. The number of carbonyl (C=O) groups is 1. The maximum Gasteiger partial charge on any atom is 0.303 e. The number of aliphatic carboxylic acids is 1. The van der Waals surface area contributed by atoms with E-state index in [2.05, 4.69) is 25.2 Å². The molecule has 1 rings (SSSR count). The quantitative estimate of drug-likeness (QED) is 0.712. The van der Waals surface area contributed by atoms with E-state index in [1.807, 2.05) is 0 Å². The summed E-state index contributed by atoms with van der Waals surface area (Å²) < 4.78 is 0. The van der Waals surface area contributed by atoms with Crippen LogP contribution in [0.3, 0.4) is 0 Å². The first-order valence-electron chi connectivity index (χ1n) is 4.91. The SMILES string of the molecule is CC1C=C(SCCCC(=O)O)C=CC1.